The molecular weight excluding hydrogens is 422 g/mol. The van der Waals surface area contributed by atoms with Gasteiger partial charge in [-0.25, -0.2) is 15.4 Å². The number of piperazine rings is 1. The van der Waals surface area contributed by atoms with Crippen LogP contribution in [-0.2, 0) is 4.79 Å². The van der Waals surface area contributed by atoms with Crippen molar-refractivity contribution in [2.24, 2.45) is 0 Å². The highest BCUT2D eigenvalue weighted by atomic mass is 16.5. The summed E-state index contributed by atoms with van der Waals surface area (Å²) in [6.07, 6.45) is 6.69. The third kappa shape index (κ3) is 7.07. The molecule has 1 fully saturated rings. The van der Waals surface area contributed by atoms with Crippen molar-refractivity contribution < 1.29 is 14.8 Å². The molecular formula is C23H31N7O3. The van der Waals surface area contributed by atoms with Crippen molar-refractivity contribution in [3.8, 4) is 0 Å². The molecule has 1 atom stereocenters. The summed E-state index contributed by atoms with van der Waals surface area (Å²) in [5.41, 5.74) is 2.79. The van der Waals surface area contributed by atoms with Crippen LogP contribution in [0.1, 0.15) is 15.9 Å². The first-order valence-electron chi connectivity index (χ1n) is 10.9. The number of amides is 2. The number of carbonyl (C=O) groups is 2. The van der Waals surface area contributed by atoms with Crippen LogP contribution in [0.3, 0.4) is 0 Å². The smallest absolute Gasteiger partial charge is 0.277 e. The van der Waals surface area contributed by atoms with E-state index in [2.05, 4.69) is 20.2 Å². The van der Waals surface area contributed by atoms with Gasteiger partial charge in [-0.2, -0.15) is 0 Å². The van der Waals surface area contributed by atoms with Crippen LogP contribution in [0.15, 0.2) is 48.8 Å². The van der Waals surface area contributed by atoms with Gasteiger partial charge in [-0.15, -0.1) is 0 Å². The van der Waals surface area contributed by atoms with E-state index in [0.717, 1.165) is 12.1 Å². The van der Waals surface area contributed by atoms with Crippen molar-refractivity contribution in [3.63, 3.8) is 0 Å². The molecule has 1 saturated heterocycles. The van der Waals surface area contributed by atoms with Crippen molar-refractivity contribution in [2.45, 2.75) is 6.04 Å². The number of carbonyl (C=O) groups excluding carboxylic acids is 2. The lowest BCUT2D eigenvalue weighted by atomic mass is 10.1. The summed E-state index contributed by atoms with van der Waals surface area (Å²) in [6, 6.07) is 9.54. The average Bonchev–Trinajstić information content (AvgIpc) is 2.84. The number of aromatic nitrogens is 2. The van der Waals surface area contributed by atoms with E-state index in [9.17, 15) is 9.59 Å². The van der Waals surface area contributed by atoms with Crippen molar-refractivity contribution in [2.75, 3.05) is 58.3 Å². The molecule has 0 spiro atoms. The molecule has 2 amide bonds. The molecule has 2 aromatic rings. The van der Waals surface area contributed by atoms with Crippen LogP contribution in [0.4, 0.5) is 5.95 Å². The molecule has 1 aromatic heterocycles. The predicted octanol–water partition coefficient (Wildman–Crippen LogP) is 0.477. The SMILES string of the molecule is CN(C)CCNC(=O)C(C=Cc1ccccc1)N1CCN(c2ncc(C(=O)NO)cn2)CC1. The minimum absolute atomic E-state index is 0.0203. The van der Waals surface area contributed by atoms with Gasteiger partial charge < -0.3 is 15.1 Å². The number of hydrogen-bond donors (Lipinski definition) is 3. The molecule has 1 aliphatic rings. The molecule has 10 heteroatoms. The lowest BCUT2D eigenvalue weighted by Crippen LogP contribution is -2.55. The van der Waals surface area contributed by atoms with E-state index < -0.39 is 5.91 Å². The van der Waals surface area contributed by atoms with Gasteiger partial charge in [0.2, 0.25) is 11.9 Å². The topological polar surface area (TPSA) is 114 Å². The molecule has 0 aliphatic carbocycles. The van der Waals surface area contributed by atoms with Crippen LogP contribution >= 0.6 is 0 Å². The molecule has 3 N–H and O–H groups in total. The summed E-state index contributed by atoms with van der Waals surface area (Å²) in [5.74, 6) is -0.163. The Balaban J connectivity index is 1.65. The Bertz CT molecular complexity index is 927. The highest BCUT2D eigenvalue weighted by Crippen LogP contribution is 2.15. The van der Waals surface area contributed by atoms with Gasteiger partial charge in [-0.3, -0.25) is 19.7 Å². The number of rotatable bonds is 9. The Morgan fingerprint density at radius 3 is 2.39 bits per heavy atom. The monoisotopic (exact) mass is 453 g/mol. The second-order valence-electron chi connectivity index (χ2n) is 8.04. The summed E-state index contributed by atoms with van der Waals surface area (Å²) in [5, 5.41) is 11.8. The standard InChI is InChI=1S/C23H31N7O3/c1-28(2)11-10-24-22(32)20(9-8-18-6-4-3-5-7-18)29-12-14-30(15-13-29)23-25-16-19(17-26-23)21(31)27-33/h3-9,16-17,20,33H,10-15H2,1-2H3,(H,24,32)(H,27,31). The Morgan fingerprint density at radius 2 is 1.79 bits per heavy atom. The van der Waals surface area contributed by atoms with Crippen LogP contribution < -0.4 is 15.7 Å². The van der Waals surface area contributed by atoms with E-state index >= 15 is 0 Å². The van der Waals surface area contributed by atoms with E-state index in [1.54, 1.807) is 5.48 Å². The van der Waals surface area contributed by atoms with Gasteiger partial charge in [-0.05, 0) is 19.7 Å². The quantitative estimate of drug-likeness (QED) is 0.371. The molecule has 1 aliphatic heterocycles. The fourth-order valence-corrected chi connectivity index (χ4v) is 3.52. The van der Waals surface area contributed by atoms with Crippen molar-refractivity contribution in [1.82, 2.24) is 30.6 Å². The molecule has 0 radical (unpaired) electrons. The number of hydroxylamine groups is 1. The average molecular weight is 454 g/mol. The zero-order valence-electron chi connectivity index (χ0n) is 19.0. The summed E-state index contributed by atoms with van der Waals surface area (Å²) in [7, 11) is 3.95. The number of nitrogens with one attached hydrogen (secondary N) is 2. The minimum Gasteiger partial charge on any atom is -0.353 e. The normalized spacial score (nSPS) is 15.6. The van der Waals surface area contributed by atoms with Gasteiger partial charge in [-0.1, -0.05) is 42.5 Å². The zero-order valence-corrected chi connectivity index (χ0v) is 19.0. The first-order chi connectivity index (χ1) is 16.0. The fourth-order valence-electron chi connectivity index (χ4n) is 3.52. The molecule has 1 unspecified atom stereocenters. The fraction of sp³-hybridized carbons (Fsp3) is 0.391. The van der Waals surface area contributed by atoms with Gasteiger partial charge in [0.1, 0.15) is 6.04 Å². The van der Waals surface area contributed by atoms with Crippen molar-refractivity contribution >= 4 is 23.8 Å². The Hall–Kier alpha value is -3.34. The van der Waals surface area contributed by atoms with Gasteiger partial charge in [0.15, 0.2) is 0 Å². The molecule has 33 heavy (non-hydrogen) atoms. The van der Waals surface area contributed by atoms with Gasteiger partial charge >= 0.3 is 0 Å². The van der Waals surface area contributed by atoms with Gasteiger partial charge in [0, 0.05) is 51.7 Å². The predicted molar refractivity (Wildman–Crippen MR) is 126 cm³/mol. The maximum absolute atomic E-state index is 13.0. The summed E-state index contributed by atoms with van der Waals surface area (Å²) in [4.78, 5) is 39.1. The second kappa shape index (κ2) is 12.0. The van der Waals surface area contributed by atoms with Crippen LogP contribution in [0.5, 0.6) is 0 Å². The lowest BCUT2D eigenvalue weighted by Gasteiger charge is -2.37. The molecule has 2 heterocycles. The maximum Gasteiger partial charge on any atom is 0.277 e. The second-order valence-corrected chi connectivity index (χ2v) is 8.04. The van der Waals surface area contributed by atoms with E-state index in [1.807, 2.05) is 66.4 Å². The Kier molecular flexibility index (Phi) is 8.87. The van der Waals surface area contributed by atoms with Crippen LogP contribution in [0.25, 0.3) is 6.08 Å². The molecule has 3 rings (SSSR count). The third-order valence-corrected chi connectivity index (χ3v) is 5.39. The molecule has 0 saturated carbocycles. The van der Waals surface area contributed by atoms with Gasteiger partial charge in [0.05, 0.1) is 5.56 Å². The zero-order chi connectivity index (χ0) is 23.6. The largest absolute Gasteiger partial charge is 0.353 e. The number of nitrogens with zero attached hydrogens (tertiary/aromatic N) is 5. The van der Waals surface area contributed by atoms with Crippen LogP contribution in [-0.4, -0.2) is 96.2 Å². The molecule has 0 bridgehead atoms. The molecule has 1 aromatic carbocycles. The van der Waals surface area contributed by atoms with Crippen molar-refractivity contribution in [1.29, 1.82) is 0 Å². The Morgan fingerprint density at radius 1 is 1.12 bits per heavy atom. The highest BCUT2D eigenvalue weighted by molar-refractivity contribution is 5.92. The molecule has 176 valence electrons. The van der Waals surface area contributed by atoms with Crippen LogP contribution in [0.2, 0.25) is 0 Å². The summed E-state index contributed by atoms with van der Waals surface area (Å²) in [6.45, 7) is 3.97. The van der Waals surface area contributed by atoms with Crippen LogP contribution in [0, 0.1) is 0 Å². The highest BCUT2D eigenvalue weighted by Gasteiger charge is 2.28. The maximum atomic E-state index is 13.0. The summed E-state index contributed by atoms with van der Waals surface area (Å²) < 4.78 is 0. The first-order valence-corrected chi connectivity index (χ1v) is 10.9. The number of anilines is 1. The van der Waals surface area contributed by atoms with E-state index in [0.29, 0.717) is 38.7 Å². The lowest BCUT2D eigenvalue weighted by molar-refractivity contribution is -0.124. The van der Waals surface area contributed by atoms with E-state index in [4.69, 9.17) is 5.21 Å². The molecule has 10 nitrogen and oxygen atoms in total. The third-order valence-electron chi connectivity index (χ3n) is 5.39. The summed E-state index contributed by atoms with van der Waals surface area (Å²) >= 11 is 0. The Labute approximate surface area is 193 Å². The van der Waals surface area contributed by atoms with E-state index in [1.165, 1.54) is 12.4 Å². The minimum atomic E-state index is -0.653. The van der Waals surface area contributed by atoms with E-state index in [-0.39, 0.29) is 17.5 Å². The van der Waals surface area contributed by atoms with Gasteiger partial charge in [0.25, 0.3) is 5.91 Å². The number of benzene rings is 1. The van der Waals surface area contributed by atoms with Crippen molar-refractivity contribution in [3.05, 3.63) is 59.9 Å². The number of likely N-dealkylation sites (N-methyl/N-ethyl adjacent to an activating group) is 1. The number of hydrogen-bond acceptors (Lipinski definition) is 8. The first kappa shape index (κ1) is 24.3.